The number of rotatable bonds is 3. The number of nitrogens with one attached hydrogen (secondary N) is 2. The van der Waals surface area contributed by atoms with E-state index in [9.17, 15) is 19.7 Å². The second-order valence-electron chi connectivity index (χ2n) is 5.50. The van der Waals surface area contributed by atoms with Crippen molar-refractivity contribution in [1.82, 2.24) is 0 Å². The van der Waals surface area contributed by atoms with Gasteiger partial charge in [0.05, 0.1) is 4.92 Å². The molecular formula is C17H15N3O4. The fourth-order valence-corrected chi connectivity index (χ4v) is 2.65. The zero-order valence-corrected chi connectivity index (χ0v) is 12.7. The van der Waals surface area contributed by atoms with Crippen LogP contribution >= 0.6 is 0 Å². The van der Waals surface area contributed by atoms with Crippen LogP contribution in [0.1, 0.15) is 28.8 Å². The van der Waals surface area contributed by atoms with E-state index in [0.717, 1.165) is 5.56 Å². The van der Waals surface area contributed by atoms with Gasteiger partial charge in [0, 0.05) is 23.7 Å². The highest BCUT2D eigenvalue weighted by molar-refractivity contribution is 6.06. The van der Waals surface area contributed by atoms with Crippen molar-refractivity contribution in [2.24, 2.45) is 0 Å². The molecule has 0 aliphatic carbocycles. The van der Waals surface area contributed by atoms with E-state index in [1.165, 1.54) is 12.1 Å². The molecule has 7 heteroatoms. The lowest BCUT2D eigenvalue weighted by Crippen LogP contribution is -2.14. The zero-order valence-electron chi connectivity index (χ0n) is 12.7. The van der Waals surface area contributed by atoms with Crippen LogP contribution in [0.5, 0.6) is 0 Å². The average molecular weight is 325 g/mol. The highest BCUT2D eigenvalue weighted by Gasteiger charge is 2.18. The van der Waals surface area contributed by atoms with Crippen LogP contribution in [-0.4, -0.2) is 16.7 Å². The number of hydrogen-bond donors (Lipinski definition) is 2. The van der Waals surface area contributed by atoms with Gasteiger partial charge >= 0.3 is 0 Å². The zero-order chi connectivity index (χ0) is 17.1. The molecule has 2 N–H and O–H groups in total. The molecule has 3 rings (SSSR count). The molecule has 1 aliphatic rings. The quantitative estimate of drug-likeness (QED) is 0.668. The Morgan fingerprint density at radius 2 is 1.96 bits per heavy atom. The first-order valence-electron chi connectivity index (χ1n) is 7.52. The standard InChI is InChI=1S/C17H15N3O4/c21-16-7-3-4-11-10-12(8-9-13(11)18-16)17(22)19-14-5-1-2-6-15(14)20(23)24/h1-2,5-6,8-10H,3-4,7H2,(H,18,21)(H,19,22). The first-order chi connectivity index (χ1) is 11.5. The van der Waals surface area contributed by atoms with Crippen LogP contribution in [0.2, 0.25) is 0 Å². The van der Waals surface area contributed by atoms with Gasteiger partial charge in [-0.25, -0.2) is 0 Å². The number of nitrogens with zero attached hydrogens (tertiary/aromatic N) is 1. The van der Waals surface area contributed by atoms with Gasteiger partial charge in [-0.05, 0) is 42.7 Å². The monoisotopic (exact) mass is 325 g/mol. The second-order valence-corrected chi connectivity index (χ2v) is 5.50. The van der Waals surface area contributed by atoms with Gasteiger partial charge in [-0.2, -0.15) is 0 Å². The summed E-state index contributed by atoms with van der Waals surface area (Å²) < 4.78 is 0. The van der Waals surface area contributed by atoms with Gasteiger partial charge in [0.1, 0.15) is 5.69 Å². The molecule has 2 aromatic carbocycles. The Hall–Kier alpha value is -3.22. The number of hydrogen-bond acceptors (Lipinski definition) is 4. The fourth-order valence-electron chi connectivity index (χ4n) is 2.65. The van der Waals surface area contributed by atoms with E-state index in [0.29, 0.717) is 30.5 Å². The summed E-state index contributed by atoms with van der Waals surface area (Å²) in [6.45, 7) is 0. The van der Waals surface area contributed by atoms with Crippen LogP contribution < -0.4 is 10.6 Å². The average Bonchev–Trinajstić information content (AvgIpc) is 2.74. The number of anilines is 2. The molecule has 122 valence electrons. The van der Waals surface area contributed by atoms with E-state index >= 15 is 0 Å². The molecule has 0 unspecified atom stereocenters. The summed E-state index contributed by atoms with van der Waals surface area (Å²) in [5.41, 5.74) is 1.97. The molecule has 1 aliphatic heterocycles. The van der Waals surface area contributed by atoms with Crippen molar-refractivity contribution in [3.05, 3.63) is 63.7 Å². The number of para-hydroxylation sites is 2. The van der Waals surface area contributed by atoms with Crippen molar-refractivity contribution in [1.29, 1.82) is 0 Å². The van der Waals surface area contributed by atoms with E-state index in [2.05, 4.69) is 10.6 Å². The van der Waals surface area contributed by atoms with Gasteiger partial charge in [0.2, 0.25) is 5.91 Å². The maximum absolute atomic E-state index is 12.4. The van der Waals surface area contributed by atoms with Gasteiger partial charge in [-0.3, -0.25) is 19.7 Å². The van der Waals surface area contributed by atoms with Crippen molar-refractivity contribution in [3.63, 3.8) is 0 Å². The number of aryl methyl sites for hydroxylation is 1. The van der Waals surface area contributed by atoms with Crippen LogP contribution in [0, 0.1) is 10.1 Å². The summed E-state index contributed by atoms with van der Waals surface area (Å²) in [6, 6.07) is 11.0. The molecule has 0 aromatic heterocycles. The van der Waals surface area contributed by atoms with E-state index in [-0.39, 0.29) is 17.3 Å². The molecule has 1 heterocycles. The first-order valence-corrected chi connectivity index (χ1v) is 7.52. The smallest absolute Gasteiger partial charge is 0.292 e. The summed E-state index contributed by atoms with van der Waals surface area (Å²) >= 11 is 0. The Morgan fingerprint density at radius 3 is 2.75 bits per heavy atom. The Kier molecular flexibility index (Phi) is 4.24. The lowest BCUT2D eigenvalue weighted by molar-refractivity contribution is -0.383. The van der Waals surface area contributed by atoms with Crippen LogP contribution in [0.4, 0.5) is 17.1 Å². The summed E-state index contributed by atoms with van der Waals surface area (Å²) in [5, 5.41) is 16.4. The summed E-state index contributed by atoms with van der Waals surface area (Å²) in [5.74, 6) is -0.464. The SMILES string of the molecule is O=C1CCCc2cc(C(=O)Nc3ccccc3[N+](=O)[O-])ccc2N1. The molecule has 0 fully saturated rings. The Labute approximate surface area is 137 Å². The highest BCUT2D eigenvalue weighted by atomic mass is 16.6. The number of carbonyl (C=O) groups excluding carboxylic acids is 2. The number of carbonyl (C=O) groups is 2. The largest absolute Gasteiger partial charge is 0.326 e. The fraction of sp³-hybridized carbons (Fsp3) is 0.176. The van der Waals surface area contributed by atoms with Crippen LogP contribution in [0.3, 0.4) is 0 Å². The number of benzene rings is 2. The first kappa shape index (κ1) is 15.7. The van der Waals surface area contributed by atoms with Crippen molar-refractivity contribution < 1.29 is 14.5 Å². The molecule has 2 amide bonds. The molecule has 0 saturated heterocycles. The Bertz CT molecular complexity index is 832. The molecule has 0 bridgehead atoms. The van der Waals surface area contributed by atoms with Gasteiger partial charge in [0.25, 0.3) is 11.6 Å². The number of amides is 2. The van der Waals surface area contributed by atoms with Gasteiger partial charge in [-0.15, -0.1) is 0 Å². The predicted molar refractivity (Wildman–Crippen MR) is 89.1 cm³/mol. The third kappa shape index (κ3) is 3.24. The molecular weight excluding hydrogens is 310 g/mol. The van der Waals surface area contributed by atoms with Crippen molar-refractivity contribution in [3.8, 4) is 0 Å². The van der Waals surface area contributed by atoms with Gasteiger partial charge in [0.15, 0.2) is 0 Å². The molecule has 2 aromatic rings. The molecule has 7 nitrogen and oxygen atoms in total. The third-order valence-electron chi connectivity index (χ3n) is 3.84. The van der Waals surface area contributed by atoms with Crippen LogP contribution in [0.15, 0.2) is 42.5 Å². The van der Waals surface area contributed by atoms with E-state index in [1.54, 1.807) is 30.3 Å². The Morgan fingerprint density at radius 1 is 1.17 bits per heavy atom. The van der Waals surface area contributed by atoms with Crippen LogP contribution in [-0.2, 0) is 11.2 Å². The maximum Gasteiger partial charge on any atom is 0.292 e. The maximum atomic E-state index is 12.4. The molecule has 24 heavy (non-hydrogen) atoms. The molecule has 0 spiro atoms. The summed E-state index contributed by atoms with van der Waals surface area (Å²) in [7, 11) is 0. The van der Waals surface area contributed by atoms with Gasteiger partial charge < -0.3 is 10.6 Å². The summed E-state index contributed by atoms with van der Waals surface area (Å²) in [6.07, 6.45) is 1.86. The minimum atomic E-state index is -0.540. The van der Waals surface area contributed by atoms with Gasteiger partial charge in [-0.1, -0.05) is 12.1 Å². The lowest BCUT2D eigenvalue weighted by atomic mass is 10.0. The van der Waals surface area contributed by atoms with Crippen molar-refractivity contribution >= 4 is 28.9 Å². The number of nitro groups is 1. The Balaban J connectivity index is 1.85. The van der Waals surface area contributed by atoms with Crippen LogP contribution in [0.25, 0.3) is 0 Å². The second kappa shape index (κ2) is 6.49. The molecule has 0 radical (unpaired) electrons. The third-order valence-corrected chi connectivity index (χ3v) is 3.84. The predicted octanol–water partition coefficient (Wildman–Crippen LogP) is 3.12. The number of fused-ring (bicyclic) bond motifs is 1. The molecule has 0 saturated carbocycles. The number of nitro benzene ring substituents is 1. The minimum absolute atomic E-state index is 0.0362. The van der Waals surface area contributed by atoms with E-state index in [1.807, 2.05) is 0 Å². The summed E-state index contributed by atoms with van der Waals surface area (Å²) in [4.78, 5) is 34.4. The minimum Gasteiger partial charge on any atom is -0.326 e. The van der Waals surface area contributed by atoms with E-state index < -0.39 is 10.8 Å². The lowest BCUT2D eigenvalue weighted by Gasteiger charge is -2.10. The van der Waals surface area contributed by atoms with Crippen molar-refractivity contribution in [2.75, 3.05) is 10.6 Å². The van der Waals surface area contributed by atoms with Crippen molar-refractivity contribution in [2.45, 2.75) is 19.3 Å². The molecule has 0 atom stereocenters. The highest BCUT2D eigenvalue weighted by Crippen LogP contribution is 2.26. The topological polar surface area (TPSA) is 101 Å². The normalized spacial score (nSPS) is 13.4. The van der Waals surface area contributed by atoms with E-state index in [4.69, 9.17) is 0 Å².